The van der Waals surface area contributed by atoms with Crippen LogP contribution < -0.4 is 10.2 Å². The molecule has 0 saturated heterocycles. The summed E-state index contributed by atoms with van der Waals surface area (Å²) in [5.74, 6) is -0.544. The standard InChI is InChI=1S/C73H133N2O7P/c1-7-10-13-16-19-22-25-28-30-32-34-35-36-37-38-39-41-43-45-48-51-54-57-60-63-66-73(77)82-71(64-61-58-55-52-49-46-27-24-21-18-15-12-9-3)70(69-81-83(78,79)80-68-67-75(4,5)6)74-72(76)65-62-59-56-53-50-47-44-42-40-33-31-29-26-23-20-17-14-11-8-2/h10,13,19,22,28-31,34-35,37-38,61,64,70-71H,7-9,11-12,14-18,20-21,23-27,32-33,36,39-60,62-63,65-69H2,1-6H3,(H-,74,76,78,79)/b13-10-,22-19-,30-28-,31-29+,35-34-,38-37-,64-61-. The maximum absolute atomic E-state index is 13.6. The van der Waals surface area contributed by atoms with Crippen LogP contribution in [0.1, 0.15) is 316 Å². The van der Waals surface area contributed by atoms with Gasteiger partial charge in [-0.3, -0.25) is 14.2 Å². The highest BCUT2D eigenvalue weighted by Crippen LogP contribution is 2.38. The lowest BCUT2D eigenvalue weighted by Crippen LogP contribution is -2.47. The van der Waals surface area contributed by atoms with Crippen molar-refractivity contribution in [2.45, 2.75) is 328 Å². The quantitative estimate of drug-likeness (QED) is 0.0212. The second kappa shape index (κ2) is 62.2. The lowest BCUT2D eigenvalue weighted by molar-refractivity contribution is -0.870. The van der Waals surface area contributed by atoms with Crippen LogP contribution in [0.25, 0.3) is 0 Å². The number of esters is 1. The van der Waals surface area contributed by atoms with Crippen LogP contribution in [0.5, 0.6) is 0 Å². The number of rotatable bonds is 63. The normalized spacial score (nSPS) is 14.1. The lowest BCUT2D eigenvalue weighted by Gasteiger charge is -2.30. The Labute approximate surface area is 514 Å². The molecule has 0 rings (SSSR count). The summed E-state index contributed by atoms with van der Waals surface area (Å²) in [5.41, 5.74) is 0. The van der Waals surface area contributed by atoms with E-state index in [0.717, 1.165) is 103 Å². The van der Waals surface area contributed by atoms with Gasteiger partial charge in [0.25, 0.3) is 7.82 Å². The molecule has 1 amide bonds. The summed E-state index contributed by atoms with van der Waals surface area (Å²) in [6.07, 6.45) is 82.6. The Morgan fingerprint density at radius 1 is 0.434 bits per heavy atom. The van der Waals surface area contributed by atoms with Crippen LogP contribution >= 0.6 is 7.82 Å². The van der Waals surface area contributed by atoms with Gasteiger partial charge in [0.1, 0.15) is 19.3 Å². The molecule has 3 unspecified atom stereocenters. The molecule has 0 aliphatic heterocycles. The molecule has 0 spiro atoms. The fourth-order valence-electron chi connectivity index (χ4n) is 9.96. The Morgan fingerprint density at radius 3 is 1.17 bits per heavy atom. The van der Waals surface area contributed by atoms with Gasteiger partial charge in [-0.25, -0.2) is 0 Å². The van der Waals surface area contributed by atoms with Crippen LogP contribution in [0.2, 0.25) is 0 Å². The highest BCUT2D eigenvalue weighted by molar-refractivity contribution is 7.45. The van der Waals surface area contributed by atoms with Gasteiger partial charge in [-0.1, -0.05) is 286 Å². The van der Waals surface area contributed by atoms with Crippen LogP contribution in [-0.2, 0) is 27.9 Å². The molecule has 0 radical (unpaired) electrons. The molecule has 0 bridgehead atoms. The average molecular weight is 1180 g/mol. The fourth-order valence-corrected chi connectivity index (χ4v) is 10.7. The number of unbranched alkanes of at least 4 members (excludes halogenated alkanes) is 35. The third kappa shape index (κ3) is 63.5. The number of amides is 1. The molecule has 0 aromatic rings. The monoisotopic (exact) mass is 1180 g/mol. The van der Waals surface area contributed by atoms with Crippen molar-refractivity contribution in [3.63, 3.8) is 0 Å². The van der Waals surface area contributed by atoms with E-state index in [2.05, 4.69) is 99.0 Å². The number of carbonyl (C=O) groups excluding carboxylic acids is 2. The topological polar surface area (TPSA) is 114 Å². The SMILES string of the molecule is CC/C=C\C/C=C\C/C=C\C/C=C\C/C=C\CCCCCCCCCCCC(=O)OC(/C=C\CCCCCCCCCCCCC)C(COP(=O)([O-])OCC[N+](C)(C)C)NC(=O)CCCCCCCCCCC/C=C/CCCCCCCC. The second-order valence-corrected chi connectivity index (χ2v) is 26.1. The fraction of sp³-hybridized carbons (Fsp3) is 0.781. The number of hydrogen-bond donors (Lipinski definition) is 1. The van der Waals surface area contributed by atoms with Gasteiger partial charge in [0.05, 0.1) is 33.8 Å². The summed E-state index contributed by atoms with van der Waals surface area (Å²) in [5, 5.41) is 3.04. The average Bonchev–Trinajstić information content (AvgIpc) is 3.46. The molecule has 83 heavy (non-hydrogen) atoms. The van der Waals surface area contributed by atoms with Crippen molar-refractivity contribution in [3.05, 3.63) is 85.1 Å². The van der Waals surface area contributed by atoms with E-state index in [4.69, 9.17) is 13.8 Å². The Hall–Kier alpha value is -2.81. The molecule has 0 aromatic heterocycles. The highest BCUT2D eigenvalue weighted by atomic mass is 31.2. The number of likely N-dealkylation sites (N-methyl/N-ethyl adjacent to an activating group) is 1. The Morgan fingerprint density at radius 2 is 0.771 bits per heavy atom. The van der Waals surface area contributed by atoms with E-state index in [1.807, 2.05) is 33.3 Å². The van der Waals surface area contributed by atoms with Crippen LogP contribution in [0.4, 0.5) is 0 Å². The largest absolute Gasteiger partial charge is 0.756 e. The smallest absolute Gasteiger partial charge is 0.306 e. The van der Waals surface area contributed by atoms with E-state index in [1.165, 1.54) is 180 Å². The Balaban J connectivity index is 5.15. The molecule has 1 N–H and O–H groups in total. The summed E-state index contributed by atoms with van der Waals surface area (Å²) < 4.78 is 30.4. The van der Waals surface area contributed by atoms with Gasteiger partial charge in [-0.05, 0) is 102 Å². The van der Waals surface area contributed by atoms with Gasteiger partial charge in [-0.15, -0.1) is 0 Å². The first-order chi connectivity index (χ1) is 40.4. The van der Waals surface area contributed by atoms with E-state index < -0.39 is 26.6 Å². The molecular weight excluding hydrogens is 1050 g/mol. The maximum atomic E-state index is 13.6. The van der Waals surface area contributed by atoms with Gasteiger partial charge >= 0.3 is 5.97 Å². The number of carbonyl (C=O) groups is 2. The Bertz CT molecular complexity index is 1700. The minimum absolute atomic E-state index is 0.0258. The molecule has 10 heteroatoms. The molecule has 9 nitrogen and oxygen atoms in total. The first-order valence-electron chi connectivity index (χ1n) is 34.9. The van der Waals surface area contributed by atoms with Gasteiger partial charge < -0.3 is 28.5 Å². The van der Waals surface area contributed by atoms with Crippen LogP contribution in [0.15, 0.2) is 85.1 Å². The lowest BCUT2D eigenvalue weighted by atomic mass is 10.0. The molecule has 482 valence electrons. The Kier molecular flexibility index (Phi) is 60.1. The summed E-state index contributed by atoms with van der Waals surface area (Å²) in [7, 11) is 1.18. The molecule has 0 heterocycles. The predicted molar refractivity (Wildman–Crippen MR) is 358 cm³/mol. The van der Waals surface area contributed by atoms with Crippen molar-refractivity contribution in [1.29, 1.82) is 0 Å². The number of nitrogens with one attached hydrogen (secondary N) is 1. The maximum Gasteiger partial charge on any atom is 0.306 e. The number of quaternary nitrogens is 1. The molecular formula is C73H133N2O7P. The zero-order valence-corrected chi connectivity index (χ0v) is 56.0. The highest BCUT2D eigenvalue weighted by Gasteiger charge is 2.27. The minimum Gasteiger partial charge on any atom is -0.756 e. The predicted octanol–water partition coefficient (Wildman–Crippen LogP) is 21.5. The van der Waals surface area contributed by atoms with Gasteiger partial charge in [0, 0.05) is 12.8 Å². The molecule has 0 saturated carbocycles. The zero-order chi connectivity index (χ0) is 60.7. The first kappa shape index (κ1) is 80.2. The van der Waals surface area contributed by atoms with E-state index in [1.54, 1.807) is 0 Å². The van der Waals surface area contributed by atoms with Crippen molar-refractivity contribution in [2.24, 2.45) is 0 Å². The summed E-state index contributed by atoms with van der Waals surface area (Å²) >= 11 is 0. The summed E-state index contributed by atoms with van der Waals surface area (Å²) in [4.78, 5) is 40.2. The molecule has 0 aliphatic carbocycles. The van der Waals surface area contributed by atoms with Crippen LogP contribution in [0.3, 0.4) is 0 Å². The third-order valence-corrected chi connectivity index (χ3v) is 16.3. The molecule has 0 aromatic carbocycles. The van der Waals surface area contributed by atoms with Crippen LogP contribution in [0, 0.1) is 0 Å². The number of allylic oxidation sites excluding steroid dienone is 13. The number of phosphoric ester groups is 1. The van der Waals surface area contributed by atoms with E-state index in [9.17, 15) is 19.0 Å². The zero-order valence-electron chi connectivity index (χ0n) is 55.1. The number of hydrogen-bond acceptors (Lipinski definition) is 7. The van der Waals surface area contributed by atoms with Crippen molar-refractivity contribution >= 4 is 19.7 Å². The van der Waals surface area contributed by atoms with Gasteiger partial charge in [-0.2, -0.15) is 0 Å². The summed E-state index contributed by atoms with van der Waals surface area (Å²) in [6.45, 7) is 6.75. The third-order valence-electron chi connectivity index (χ3n) is 15.3. The van der Waals surface area contributed by atoms with E-state index in [-0.39, 0.29) is 24.9 Å². The molecule has 0 aliphatic rings. The minimum atomic E-state index is -4.71. The first-order valence-corrected chi connectivity index (χ1v) is 36.4. The number of phosphoric acid groups is 1. The van der Waals surface area contributed by atoms with E-state index in [0.29, 0.717) is 17.4 Å². The molecule has 3 atom stereocenters. The van der Waals surface area contributed by atoms with E-state index >= 15 is 0 Å². The van der Waals surface area contributed by atoms with Crippen molar-refractivity contribution in [1.82, 2.24) is 5.32 Å². The van der Waals surface area contributed by atoms with Gasteiger partial charge in [0.15, 0.2) is 0 Å². The molecule has 0 fully saturated rings. The van der Waals surface area contributed by atoms with Gasteiger partial charge in [0.2, 0.25) is 5.91 Å². The number of nitrogens with zero attached hydrogens (tertiary/aromatic N) is 1. The van der Waals surface area contributed by atoms with Crippen molar-refractivity contribution in [2.75, 3.05) is 40.9 Å². The number of ether oxygens (including phenoxy) is 1. The summed E-state index contributed by atoms with van der Waals surface area (Å²) in [6, 6.07) is -0.896. The van der Waals surface area contributed by atoms with Crippen LogP contribution in [-0.4, -0.2) is 69.4 Å². The van der Waals surface area contributed by atoms with Crippen molar-refractivity contribution < 1.29 is 37.3 Å². The van der Waals surface area contributed by atoms with Crippen molar-refractivity contribution in [3.8, 4) is 0 Å². The second-order valence-electron chi connectivity index (χ2n) is 24.6.